The summed E-state index contributed by atoms with van der Waals surface area (Å²) in [5, 5.41) is 13.3. The molecule has 4 aliphatic rings. The molecular weight excluding hydrogens is 458 g/mol. The number of carbonyl (C=O) groups excluding carboxylic acids is 3. The number of carbonyl (C=O) groups is 3. The van der Waals surface area contributed by atoms with Gasteiger partial charge < -0.3 is 25.0 Å². The van der Waals surface area contributed by atoms with Gasteiger partial charge in [-0.3, -0.25) is 14.4 Å². The zero-order valence-corrected chi connectivity index (χ0v) is 21.6. The molecule has 3 saturated heterocycles. The summed E-state index contributed by atoms with van der Waals surface area (Å²) in [6.07, 6.45) is 3.81. The number of Topliss-reactive ketones (excluding diaryl/α,β-unsaturated/α-hetero) is 1. The molecule has 5 rings (SSSR count). The van der Waals surface area contributed by atoms with Crippen molar-refractivity contribution in [3.63, 3.8) is 0 Å². The minimum absolute atomic E-state index is 0.0324. The van der Waals surface area contributed by atoms with Crippen LogP contribution in [0.4, 0.5) is 0 Å². The number of nitrogens with zero attached hydrogens (tertiary/aromatic N) is 2. The summed E-state index contributed by atoms with van der Waals surface area (Å²) in [6.45, 7) is 8.25. The van der Waals surface area contributed by atoms with Crippen LogP contribution < -0.4 is 5.32 Å². The van der Waals surface area contributed by atoms with Gasteiger partial charge in [-0.15, -0.1) is 0 Å². The largest absolute Gasteiger partial charge is 0.388 e. The lowest BCUT2D eigenvalue weighted by atomic mass is 9.87. The number of ketones is 1. The highest BCUT2D eigenvalue weighted by Crippen LogP contribution is 2.35. The Morgan fingerprint density at radius 3 is 2.39 bits per heavy atom. The average molecular weight is 498 g/mol. The van der Waals surface area contributed by atoms with E-state index < -0.39 is 24.3 Å². The lowest BCUT2D eigenvalue weighted by Crippen LogP contribution is -2.53. The summed E-state index contributed by atoms with van der Waals surface area (Å²) >= 11 is 0. The third-order valence-corrected chi connectivity index (χ3v) is 8.10. The number of rotatable bonds is 6. The molecule has 0 aromatic heterocycles. The van der Waals surface area contributed by atoms with Crippen LogP contribution in [0.15, 0.2) is 24.3 Å². The van der Waals surface area contributed by atoms with E-state index in [2.05, 4.69) is 10.2 Å². The van der Waals surface area contributed by atoms with Gasteiger partial charge in [0.15, 0.2) is 5.78 Å². The Hall–Kier alpha value is -2.29. The molecular formula is C28H39N3O5. The van der Waals surface area contributed by atoms with Crippen LogP contribution in [0.2, 0.25) is 0 Å². The lowest BCUT2D eigenvalue weighted by Gasteiger charge is -2.32. The van der Waals surface area contributed by atoms with Crippen molar-refractivity contribution >= 4 is 17.6 Å². The van der Waals surface area contributed by atoms with Gasteiger partial charge in [-0.05, 0) is 74.2 Å². The Balaban J connectivity index is 1.25. The van der Waals surface area contributed by atoms with Gasteiger partial charge in [0.2, 0.25) is 5.91 Å². The minimum atomic E-state index is -0.903. The molecule has 8 heteroatoms. The van der Waals surface area contributed by atoms with Crippen LogP contribution in [0.25, 0.3) is 0 Å². The van der Waals surface area contributed by atoms with Crippen LogP contribution in [0.5, 0.6) is 0 Å². The molecule has 1 aromatic carbocycles. The normalized spacial score (nSPS) is 28.3. The molecule has 1 aliphatic carbocycles. The van der Waals surface area contributed by atoms with Crippen molar-refractivity contribution in [2.75, 3.05) is 26.2 Å². The van der Waals surface area contributed by atoms with E-state index in [1.165, 1.54) is 23.3 Å². The summed E-state index contributed by atoms with van der Waals surface area (Å²) < 4.78 is 5.41. The fourth-order valence-corrected chi connectivity index (χ4v) is 6.06. The Bertz CT molecular complexity index is 991. The Labute approximate surface area is 213 Å². The topological polar surface area (TPSA) is 99.2 Å². The van der Waals surface area contributed by atoms with Crippen molar-refractivity contribution in [1.82, 2.24) is 15.1 Å². The summed E-state index contributed by atoms with van der Waals surface area (Å²) in [6, 6.07) is 7.02. The van der Waals surface area contributed by atoms with E-state index in [1.807, 2.05) is 45.0 Å². The van der Waals surface area contributed by atoms with Gasteiger partial charge in [0.05, 0.1) is 6.54 Å². The summed E-state index contributed by atoms with van der Waals surface area (Å²) in [5.41, 5.74) is 1.54. The van der Waals surface area contributed by atoms with Gasteiger partial charge in [-0.1, -0.05) is 32.9 Å². The first-order valence-electron chi connectivity index (χ1n) is 13.4. The maximum Gasteiger partial charge on any atom is 0.251 e. The Kier molecular flexibility index (Phi) is 6.96. The molecule has 1 aromatic rings. The number of hydrogen-bond donors (Lipinski definition) is 2. The highest BCUT2D eigenvalue weighted by Gasteiger charge is 2.53. The summed E-state index contributed by atoms with van der Waals surface area (Å²) in [7, 11) is 0. The molecule has 196 valence electrons. The lowest BCUT2D eigenvalue weighted by molar-refractivity contribution is -0.138. The molecule has 1 saturated carbocycles. The molecule has 0 spiro atoms. The molecule has 2 N–H and O–H groups in total. The standard InChI is InChI=1S/C28H39N3O5/c1-28(2,3)14-21(27(35)31-15-22(32)25-24(31)23(33)16-36-25)29-26(34)19-6-4-17(5-7-19)18-10-12-30(13-11-18)20-8-9-20/h4-7,18,20-22,24-25,32H,8-16H2,1-3H3,(H,29,34)/t21?,22-,24-,25-/m1/s1. The van der Waals surface area contributed by atoms with Crippen LogP contribution >= 0.6 is 0 Å². The number of fused-ring (bicyclic) bond motifs is 1. The van der Waals surface area contributed by atoms with Crippen molar-refractivity contribution in [2.24, 2.45) is 5.41 Å². The number of benzene rings is 1. The van der Waals surface area contributed by atoms with Crippen molar-refractivity contribution in [1.29, 1.82) is 0 Å². The zero-order valence-electron chi connectivity index (χ0n) is 21.6. The number of aliphatic hydroxyl groups excluding tert-OH is 1. The second-order valence-electron chi connectivity index (χ2n) is 12.2. The number of nitrogens with one attached hydrogen (secondary N) is 1. The first-order chi connectivity index (χ1) is 17.1. The van der Waals surface area contributed by atoms with Crippen molar-refractivity contribution in [3.8, 4) is 0 Å². The SMILES string of the molecule is CC(C)(C)CC(NC(=O)c1ccc(C2CCN(C3CC3)CC2)cc1)C(=O)N1C[C@@H](O)[C@H]2OCC(=O)[C@H]21. The molecule has 4 fully saturated rings. The molecule has 8 nitrogen and oxygen atoms in total. The van der Waals surface area contributed by atoms with Crippen molar-refractivity contribution in [3.05, 3.63) is 35.4 Å². The van der Waals surface area contributed by atoms with Crippen LogP contribution in [0, 0.1) is 5.41 Å². The van der Waals surface area contributed by atoms with Crippen LogP contribution in [-0.2, 0) is 14.3 Å². The summed E-state index contributed by atoms with van der Waals surface area (Å²) in [4.78, 5) is 43.1. The number of amides is 2. The summed E-state index contributed by atoms with van der Waals surface area (Å²) in [5.74, 6) is -0.335. The maximum atomic E-state index is 13.6. The van der Waals surface area contributed by atoms with Crippen molar-refractivity contribution < 1.29 is 24.2 Å². The molecule has 0 radical (unpaired) electrons. The molecule has 0 bridgehead atoms. The van der Waals surface area contributed by atoms with E-state index in [4.69, 9.17) is 4.74 Å². The van der Waals surface area contributed by atoms with Gasteiger partial charge >= 0.3 is 0 Å². The number of hydrogen-bond acceptors (Lipinski definition) is 6. The van der Waals surface area contributed by atoms with E-state index in [-0.39, 0.29) is 36.2 Å². The van der Waals surface area contributed by atoms with Gasteiger partial charge in [-0.2, -0.15) is 0 Å². The number of β-amino-alcohol motifs (C(OH)–C–C–N with tert-alkyl or cyclic N) is 1. The molecule has 1 unspecified atom stereocenters. The van der Waals surface area contributed by atoms with Crippen LogP contribution in [0.1, 0.15) is 74.7 Å². The predicted molar refractivity (Wildman–Crippen MR) is 135 cm³/mol. The smallest absolute Gasteiger partial charge is 0.251 e. The number of piperidine rings is 1. The highest BCUT2D eigenvalue weighted by molar-refractivity contribution is 5.99. The molecule has 3 aliphatic heterocycles. The van der Waals surface area contributed by atoms with Gasteiger partial charge in [-0.25, -0.2) is 0 Å². The third kappa shape index (κ3) is 5.36. The quantitative estimate of drug-likeness (QED) is 0.625. The number of aliphatic hydroxyl groups is 1. The number of likely N-dealkylation sites (tertiary alicyclic amines) is 2. The second kappa shape index (κ2) is 9.88. The maximum absolute atomic E-state index is 13.6. The van der Waals surface area contributed by atoms with E-state index >= 15 is 0 Å². The molecule has 36 heavy (non-hydrogen) atoms. The Morgan fingerprint density at radius 1 is 1.11 bits per heavy atom. The van der Waals surface area contributed by atoms with Gasteiger partial charge in [0.25, 0.3) is 5.91 Å². The average Bonchev–Trinajstić information content (AvgIpc) is 3.55. The molecule has 2 amide bonds. The Morgan fingerprint density at radius 2 is 1.78 bits per heavy atom. The second-order valence-corrected chi connectivity index (χ2v) is 12.2. The van der Waals surface area contributed by atoms with E-state index in [0.29, 0.717) is 17.9 Å². The van der Waals surface area contributed by atoms with Crippen molar-refractivity contribution in [2.45, 2.75) is 89.1 Å². The van der Waals surface area contributed by atoms with E-state index in [9.17, 15) is 19.5 Å². The monoisotopic (exact) mass is 497 g/mol. The van der Waals surface area contributed by atoms with Gasteiger partial charge in [0, 0.05) is 11.6 Å². The van der Waals surface area contributed by atoms with Crippen LogP contribution in [-0.4, -0.2) is 89.1 Å². The third-order valence-electron chi connectivity index (χ3n) is 8.10. The highest BCUT2D eigenvalue weighted by atomic mass is 16.5. The number of ether oxygens (including phenoxy) is 1. The first kappa shape index (κ1) is 25.4. The molecule has 4 atom stereocenters. The first-order valence-corrected chi connectivity index (χ1v) is 13.4. The van der Waals surface area contributed by atoms with E-state index in [0.717, 1.165) is 32.0 Å². The van der Waals surface area contributed by atoms with E-state index in [1.54, 1.807) is 0 Å². The van der Waals surface area contributed by atoms with Gasteiger partial charge in [0.1, 0.15) is 30.9 Å². The van der Waals surface area contributed by atoms with Crippen LogP contribution in [0.3, 0.4) is 0 Å². The fraction of sp³-hybridized carbons (Fsp3) is 0.679. The fourth-order valence-electron chi connectivity index (χ4n) is 6.06. The zero-order chi connectivity index (χ0) is 25.6. The molecule has 3 heterocycles. The predicted octanol–water partition coefficient (Wildman–Crippen LogP) is 2.10. The minimum Gasteiger partial charge on any atom is -0.388 e.